The fraction of sp³-hybridized carbons (Fsp3) is 0.562. The van der Waals surface area contributed by atoms with Crippen molar-refractivity contribution in [1.82, 2.24) is 0 Å². The van der Waals surface area contributed by atoms with Crippen LogP contribution < -0.4 is 10.4 Å². The zero-order valence-corrected chi connectivity index (χ0v) is 13.6. The van der Waals surface area contributed by atoms with Crippen LogP contribution in [0.4, 0.5) is 5.00 Å². The van der Waals surface area contributed by atoms with Gasteiger partial charge in [-0.15, -0.1) is 11.3 Å². The summed E-state index contributed by atoms with van der Waals surface area (Å²) in [5, 5.41) is 23.8. The van der Waals surface area contributed by atoms with Gasteiger partial charge in [0.05, 0.1) is 5.56 Å². The SMILES string of the molecule is CCc1c(C)sc(NC(=O)[C@H]2CCCC[C@H]2C(=O)[O-])c1C#N. The fourth-order valence-corrected chi connectivity index (χ4v) is 4.24. The fourth-order valence-electron chi connectivity index (χ4n) is 3.14. The van der Waals surface area contributed by atoms with Crippen LogP contribution in [0.1, 0.15) is 48.6 Å². The summed E-state index contributed by atoms with van der Waals surface area (Å²) in [5.41, 5.74) is 1.45. The number of thiophene rings is 1. The van der Waals surface area contributed by atoms with Crippen LogP contribution in [0.2, 0.25) is 0 Å². The maximum atomic E-state index is 12.5. The lowest BCUT2D eigenvalue weighted by Crippen LogP contribution is -2.42. The van der Waals surface area contributed by atoms with E-state index in [0.29, 0.717) is 23.4 Å². The van der Waals surface area contributed by atoms with Crippen LogP contribution in [0.15, 0.2) is 0 Å². The van der Waals surface area contributed by atoms with Gasteiger partial charge in [0.25, 0.3) is 0 Å². The van der Waals surface area contributed by atoms with Crippen molar-refractivity contribution in [2.75, 3.05) is 5.32 Å². The van der Waals surface area contributed by atoms with Crippen LogP contribution in [0.5, 0.6) is 0 Å². The summed E-state index contributed by atoms with van der Waals surface area (Å²) in [6.07, 6.45) is 3.42. The normalized spacial score (nSPS) is 21.1. The van der Waals surface area contributed by atoms with Crippen molar-refractivity contribution in [2.24, 2.45) is 11.8 Å². The second kappa shape index (κ2) is 6.93. The van der Waals surface area contributed by atoms with E-state index in [0.717, 1.165) is 29.7 Å². The molecule has 1 fully saturated rings. The number of rotatable bonds is 4. The van der Waals surface area contributed by atoms with E-state index < -0.39 is 17.8 Å². The lowest BCUT2D eigenvalue weighted by molar-refractivity contribution is -0.313. The highest BCUT2D eigenvalue weighted by Crippen LogP contribution is 2.35. The molecule has 0 spiro atoms. The van der Waals surface area contributed by atoms with E-state index in [1.54, 1.807) is 0 Å². The number of carbonyl (C=O) groups is 2. The molecule has 0 radical (unpaired) electrons. The quantitative estimate of drug-likeness (QED) is 0.918. The van der Waals surface area contributed by atoms with Crippen LogP contribution in [-0.4, -0.2) is 11.9 Å². The molecule has 1 aromatic rings. The zero-order valence-electron chi connectivity index (χ0n) is 12.8. The molecular weight excluding hydrogens is 300 g/mol. The average Bonchev–Trinajstić information content (AvgIpc) is 2.81. The average molecular weight is 319 g/mol. The number of hydrogen-bond donors (Lipinski definition) is 1. The number of anilines is 1. The summed E-state index contributed by atoms with van der Waals surface area (Å²) in [6.45, 7) is 3.89. The Bertz CT molecular complexity index is 630. The molecule has 6 heteroatoms. The molecule has 2 atom stereocenters. The minimum atomic E-state index is -1.16. The first-order valence-corrected chi connectivity index (χ1v) is 8.35. The lowest BCUT2D eigenvalue weighted by atomic mass is 9.79. The van der Waals surface area contributed by atoms with Crippen molar-refractivity contribution in [3.63, 3.8) is 0 Å². The molecule has 0 saturated heterocycles. The number of carboxylic acid groups (broad SMARTS) is 1. The Labute approximate surface area is 134 Å². The number of carboxylic acids is 1. The number of nitriles is 1. The minimum Gasteiger partial charge on any atom is -0.550 e. The van der Waals surface area contributed by atoms with Gasteiger partial charge in [-0.1, -0.05) is 19.8 Å². The minimum absolute atomic E-state index is 0.311. The Hall–Kier alpha value is -1.87. The van der Waals surface area contributed by atoms with E-state index in [4.69, 9.17) is 0 Å². The molecule has 118 valence electrons. The smallest absolute Gasteiger partial charge is 0.228 e. The molecule has 0 unspecified atom stereocenters. The van der Waals surface area contributed by atoms with Gasteiger partial charge >= 0.3 is 0 Å². The number of hydrogen-bond acceptors (Lipinski definition) is 5. The first kappa shape index (κ1) is 16.5. The van der Waals surface area contributed by atoms with Gasteiger partial charge in [0.15, 0.2) is 0 Å². The zero-order chi connectivity index (χ0) is 16.3. The maximum Gasteiger partial charge on any atom is 0.228 e. The van der Waals surface area contributed by atoms with Gasteiger partial charge in [-0.2, -0.15) is 5.26 Å². The van der Waals surface area contributed by atoms with Crippen molar-refractivity contribution in [3.8, 4) is 6.07 Å². The van der Waals surface area contributed by atoms with E-state index in [1.165, 1.54) is 11.3 Å². The molecule has 22 heavy (non-hydrogen) atoms. The third-order valence-electron chi connectivity index (χ3n) is 4.32. The van der Waals surface area contributed by atoms with Crippen LogP contribution in [0, 0.1) is 30.1 Å². The van der Waals surface area contributed by atoms with Crippen molar-refractivity contribution in [3.05, 3.63) is 16.0 Å². The number of nitrogens with zero attached hydrogens (tertiary/aromatic N) is 1. The summed E-state index contributed by atoms with van der Waals surface area (Å²) >= 11 is 1.37. The molecule has 1 aliphatic rings. The highest BCUT2D eigenvalue weighted by molar-refractivity contribution is 7.16. The number of aliphatic carboxylic acids is 1. The van der Waals surface area contributed by atoms with E-state index in [-0.39, 0.29) is 5.91 Å². The molecule has 1 amide bonds. The van der Waals surface area contributed by atoms with Gasteiger partial charge in [0.1, 0.15) is 11.1 Å². The Morgan fingerprint density at radius 1 is 1.36 bits per heavy atom. The molecule has 0 bridgehead atoms. The predicted molar refractivity (Wildman–Crippen MR) is 82.2 cm³/mol. The monoisotopic (exact) mass is 319 g/mol. The molecule has 1 aromatic heterocycles. The van der Waals surface area contributed by atoms with Crippen LogP contribution in [0.25, 0.3) is 0 Å². The third kappa shape index (κ3) is 3.14. The van der Waals surface area contributed by atoms with E-state index >= 15 is 0 Å². The number of nitrogens with one attached hydrogen (secondary N) is 1. The maximum absolute atomic E-state index is 12.5. The Morgan fingerprint density at radius 3 is 2.55 bits per heavy atom. The summed E-state index contributed by atoms with van der Waals surface area (Å²) < 4.78 is 0. The number of carbonyl (C=O) groups excluding carboxylic acids is 2. The molecule has 1 heterocycles. The Balaban J connectivity index is 2.21. The molecule has 2 rings (SSSR count). The predicted octanol–water partition coefficient (Wildman–Crippen LogP) is 1.99. The molecular formula is C16H19N2O3S-. The van der Waals surface area contributed by atoms with Gasteiger partial charge < -0.3 is 15.2 Å². The Kier molecular flexibility index (Phi) is 5.19. The summed E-state index contributed by atoms with van der Waals surface area (Å²) in [7, 11) is 0. The van der Waals surface area contributed by atoms with Crippen molar-refractivity contribution >= 4 is 28.2 Å². The summed E-state index contributed by atoms with van der Waals surface area (Å²) in [6, 6.07) is 2.15. The van der Waals surface area contributed by atoms with E-state index in [9.17, 15) is 20.0 Å². The van der Waals surface area contributed by atoms with Crippen molar-refractivity contribution in [2.45, 2.75) is 46.0 Å². The highest BCUT2D eigenvalue weighted by atomic mass is 32.1. The molecule has 1 aliphatic carbocycles. The van der Waals surface area contributed by atoms with Gasteiger partial charge in [0.2, 0.25) is 5.91 Å². The summed E-state index contributed by atoms with van der Waals surface area (Å²) in [4.78, 5) is 24.7. The molecule has 1 saturated carbocycles. The van der Waals surface area contributed by atoms with Crippen LogP contribution in [-0.2, 0) is 16.0 Å². The molecule has 5 nitrogen and oxygen atoms in total. The Morgan fingerprint density at radius 2 is 2.00 bits per heavy atom. The topological polar surface area (TPSA) is 93.0 Å². The second-order valence-corrected chi connectivity index (χ2v) is 6.84. The van der Waals surface area contributed by atoms with E-state index in [2.05, 4.69) is 11.4 Å². The van der Waals surface area contributed by atoms with Gasteiger partial charge in [0, 0.05) is 22.7 Å². The molecule has 0 aromatic carbocycles. The van der Waals surface area contributed by atoms with Crippen LogP contribution >= 0.6 is 11.3 Å². The summed E-state index contributed by atoms with van der Waals surface area (Å²) in [5.74, 6) is -2.77. The molecule has 1 N–H and O–H groups in total. The number of amides is 1. The van der Waals surface area contributed by atoms with Crippen molar-refractivity contribution < 1.29 is 14.7 Å². The second-order valence-electron chi connectivity index (χ2n) is 5.61. The third-order valence-corrected chi connectivity index (χ3v) is 5.38. The van der Waals surface area contributed by atoms with Crippen LogP contribution in [0.3, 0.4) is 0 Å². The largest absolute Gasteiger partial charge is 0.550 e. The lowest BCUT2D eigenvalue weighted by Gasteiger charge is -2.31. The number of aryl methyl sites for hydroxylation is 1. The molecule has 0 aliphatic heterocycles. The highest BCUT2D eigenvalue weighted by Gasteiger charge is 2.32. The van der Waals surface area contributed by atoms with Gasteiger partial charge in [-0.3, -0.25) is 4.79 Å². The van der Waals surface area contributed by atoms with Gasteiger partial charge in [-0.25, -0.2) is 0 Å². The van der Waals surface area contributed by atoms with E-state index in [1.807, 2.05) is 13.8 Å². The first-order chi connectivity index (χ1) is 10.5. The standard InChI is InChI=1S/C16H20N2O3S/c1-3-10-9(2)22-15(13(10)8-17)18-14(19)11-6-4-5-7-12(11)16(20)21/h11-12H,3-7H2,1-2H3,(H,18,19)(H,20,21)/p-1/t11-,12+/m0/s1. The first-order valence-electron chi connectivity index (χ1n) is 7.53. The van der Waals surface area contributed by atoms with Crippen molar-refractivity contribution in [1.29, 1.82) is 5.26 Å². The van der Waals surface area contributed by atoms with Gasteiger partial charge in [-0.05, 0) is 31.7 Å².